The average Bonchev–Trinajstić information content (AvgIpc) is 3.19. The van der Waals surface area contributed by atoms with Crippen LogP contribution in [0.2, 0.25) is 0 Å². The first kappa shape index (κ1) is 16.6. The number of aromatic carboxylic acids is 1. The highest BCUT2D eigenvalue weighted by Gasteiger charge is 2.15. The van der Waals surface area contributed by atoms with Crippen LogP contribution in [-0.4, -0.2) is 21.0 Å². The number of thiazole rings is 1. The van der Waals surface area contributed by atoms with Gasteiger partial charge in [0.25, 0.3) is 0 Å². The lowest BCUT2D eigenvalue weighted by atomic mass is 10.1. The van der Waals surface area contributed by atoms with E-state index in [-0.39, 0.29) is 5.56 Å². The molecule has 2 N–H and O–H groups in total. The minimum atomic E-state index is -1.01. The van der Waals surface area contributed by atoms with Gasteiger partial charge >= 0.3 is 5.97 Å². The van der Waals surface area contributed by atoms with E-state index in [4.69, 9.17) is 0 Å². The lowest BCUT2D eigenvalue weighted by molar-refractivity contribution is 0.0697. The van der Waals surface area contributed by atoms with Crippen molar-refractivity contribution in [3.8, 4) is 10.4 Å². The summed E-state index contributed by atoms with van der Waals surface area (Å²) < 4.78 is 0. The highest BCUT2D eigenvalue weighted by molar-refractivity contribution is 7.15. The van der Waals surface area contributed by atoms with Crippen molar-refractivity contribution < 1.29 is 9.90 Å². The van der Waals surface area contributed by atoms with Gasteiger partial charge in [0.1, 0.15) is 11.4 Å². The first-order chi connectivity index (χ1) is 11.5. The maximum absolute atomic E-state index is 11.6. The second-order valence-electron chi connectivity index (χ2n) is 5.76. The normalized spacial score (nSPS) is 11.0. The Hall–Kier alpha value is -2.25. The van der Waals surface area contributed by atoms with Gasteiger partial charge in [-0.3, -0.25) is 0 Å². The maximum atomic E-state index is 11.6. The number of thiophene rings is 1. The second-order valence-corrected chi connectivity index (χ2v) is 7.82. The van der Waals surface area contributed by atoms with Crippen LogP contribution >= 0.6 is 22.7 Å². The number of anilines is 2. The Bertz CT molecular complexity index is 841. The predicted molar refractivity (Wildman–Crippen MR) is 98.4 cm³/mol. The van der Waals surface area contributed by atoms with Crippen molar-refractivity contribution in [2.75, 3.05) is 5.32 Å². The molecule has 3 heterocycles. The lowest BCUT2D eigenvalue weighted by Crippen LogP contribution is -2.05. The molecule has 0 spiro atoms. The third-order valence-electron chi connectivity index (χ3n) is 3.31. The minimum Gasteiger partial charge on any atom is -0.478 e. The van der Waals surface area contributed by atoms with E-state index in [0.717, 1.165) is 16.9 Å². The van der Waals surface area contributed by atoms with Crippen LogP contribution in [0.4, 0.5) is 10.9 Å². The molecule has 7 heteroatoms. The highest BCUT2D eigenvalue weighted by atomic mass is 32.1. The number of aromatic nitrogens is 2. The van der Waals surface area contributed by atoms with Crippen LogP contribution < -0.4 is 5.32 Å². The number of nitrogens with zero attached hydrogens (tertiary/aromatic N) is 2. The zero-order valence-corrected chi connectivity index (χ0v) is 14.9. The molecule has 0 unspecified atom stereocenters. The molecule has 0 saturated carbocycles. The van der Waals surface area contributed by atoms with Crippen LogP contribution in [0.25, 0.3) is 10.4 Å². The quantitative estimate of drug-likeness (QED) is 0.654. The summed E-state index contributed by atoms with van der Waals surface area (Å²) in [5.74, 6) is -0.147. The van der Waals surface area contributed by atoms with E-state index in [1.54, 1.807) is 23.6 Å². The standard InChI is InChI=1S/C17H17N3O2S2/c1-10(2)6-12-9-19-17(24-12)20-15-13(16(21)22)7-11(8-18-15)14-4-3-5-23-14/h3-5,7-10H,6H2,1-2H3,(H,21,22)(H,18,19,20). The van der Waals surface area contributed by atoms with E-state index in [2.05, 4.69) is 29.1 Å². The largest absolute Gasteiger partial charge is 0.478 e. The number of pyridine rings is 1. The summed E-state index contributed by atoms with van der Waals surface area (Å²) in [7, 11) is 0. The summed E-state index contributed by atoms with van der Waals surface area (Å²) in [5.41, 5.74) is 0.939. The fraction of sp³-hybridized carbons (Fsp3) is 0.235. The Labute approximate surface area is 148 Å². The molecule has 3 aromatic rings. The molecular weight excluding hydrogens is 342 g/mol. The predicted octanol–water partition coefficient (Wildman–Crippen LogP) is 4.91. The summed E-state index contributed by atoms with van der Waals surface area (Å²) in [6, 6.07) is 5.52. The number of rotatable bonds is 6. The van der Waals surface area contributed by atoms with Crippen molar-refractivity contribution in [3.05, 3.63) is 46.4 Å². The molecule has 0 fully saturated rings. The SMILES string of the molecule is CC(C)Cc1cnc(Nc2ncc(-c3cccs3)cc2C(=O)O)s1. The third-order valence-corrected chi connectivity index (χ3v) is 5.17. The highest BCUT2D eigenvalue weighted by Crippen LogP contribution is 2.29. The van der Waals surface area contributed by atoms with E-state index < -0.39 is 5.97 Å². The molecule has 0 aromatic carbocycles. The molecule has 0 radical (unpaired) electrons. The van der Waals surface area contributed by atoms with Crippen molar-refractivity contribution >= 4 is 39.6 Å². The van der Waals surface area contributed by atoms with Gasteiger partial charge in [0.15, 0.2) is 5.13 Å². The zero-order chi connectivity index (χ0) is 17.1. The van der Waals surface area contributed by atoms with Gasteiger partial charge < -0.3 is 10.4 Å². The van der Waals surface area contributed by atoms with Gasteiger partial charge in [0.2, 0.25) is 0 Å². The van der Waals surface area contributed by atoms with Crippen molar-refractivity contribution in [2.24, 2.45) is 5.92 Å². The van der Waals surface area contributed by atoms with Crippen LogP contribution in [0.3, 0.4) is 0 Å². The van der Waals surface area contributed by atoms with Crippen molar-refractivity contribution in [1.82, 2.24) is 9.97 Å². The van der Waals surface area contributed by atoms with Crippen LogP contribution in [0.15, 0.2) is 36.0 Å². The van der Waals surface area contributed by atoms with Crippen molar-refractivity contribution in [3.63, 3.8) is 0 Å². The third kappa shape index (κ3) is 3.80. The summed E-state index contributed by atoms with van der Waals surface area (Å²) in [6.07, 6.45) is 4.46. The molecule has 0 saturated heterocycles. The minimum absolute atomic E-state index is 0.140. The number of hydrogen-bond donors (Lipinski definition) is 2. The number of carboxylic acid groups (broad SMARTS) is 1. The first-order valence-corrected chi connectivity index (χ1v) is 9.21. The lowest BCUT2D eigenvalue weighted by Gasteiger charge is -2.07. The van der Waals surface area contributed by atoms with Crippen LogP contribution in [0.1, 0.15) is 29.1 Å². The zero-order valence-electron chi connectivity index (χ0n) is 13.3. The Morgan fingerprint density at radius 3 is 2.83 bits per heavy atom. The van der Waals surface area contributed by atoms with Gasteiger partial charge in [-0.05, 0) is 29.9 Å². The van der Waals surface area contributed by atoms with Gasteiger partial charge in [0.05, 0.1) is 0 Å². The summed E-state index contributed by atoms with van der Waals surface area (Å²) in [4.78, 5) is 22.4. The summed E-state index contributed by atoms with van der Waals surface area (Å²) >= 11 is 3.08. The van der Waals surface area contributed by atoms with Crippen molar-refractivity contribution in [1.29, 1.82) is 0 Å². The van der Waals surface area contributed by atoms with E-state index in [1.165, 1.54) is 16.2 Å². The molecule has 3 aromatic heterocycles. The molecule has 0 aliphatic carbocycles. The Morgan fingerprint density at radius 1 is 1.33 bits per heavy atom. The molecule has 5 nitrogen and oxygen atoms in total. The van der Waals surface area contributed by atoms with Crippen LogP contribution in [0.5, 0.6) is 0 Å². The number of nitrogens with one attached hydrogen (secondary N) is 1. The average molecular weight is 359 g/mol. The maximum Gasteiger partial charge on any atom is 0.339 e. The fourth-order valence-electron chi connectivity index (χ4n) is 2.27. The molecule has 0 aliphatic rings. The number of carboxylic acids is 1. The van der Waals surface area contributed by atoms with Gasteiger partial charge in [-0.25, -0.2) is 14.8 Å². The van der Waals surface area contributed by atoms with Gasteiger partial charge in [-0.1, -0.05) is 19.9 Å². The Kier molecular flexibility index (Phi) is 4.92. The van der Waals surface area contributed by atoms with E-state index in [9.17, 15) is 9.90 Å². The summed E-state index contributed by atoms with van der Waals surface area (Å²) in [6.45, 7) is 4.31. The fourth-order valence-corrected chi connectivity index (χ4v) is 4.00. The van der Waals surface area contributed by atoms with E-state index in [0.29, 0.717) is 16.9 Å². The van der Waals surface area contributed by atoms with E-state index in [1.807, 2.05) is 23.7 Å². The topological polar surface area (TPSA) is 75.1 Å². The number of carbonyl (C=O) groups is 1. The van der Waals surface area contributed by atoms with Crippen LogP contribution in [-0.2, 0) is 6.42 Å². The number of hydrogen-bond acceptors (Lipinski definition) is 6. The summed E-state index contributed by atoms with van der Waals surface area (Å²) in [5, 5.41) is 15.1. The molecule has 0 amide bonds. The molecule has 0 atom stereocenters. The van der Waals surface area contributed by atoms with Gasteiger partial charge in [-0.2, -0.15) is 0 Å². The molecule has 0 aliphatic heterocycles. The second kappa shape index (κ2) is 7.11. The van der Waals surface area contributed by atoms with Gasteiger partial charge in [-0.15, -0.1) is 22.7 Å². The van der Waals surface area contributed by atoms with Crippen LogP contribution in [0, 0.1) is 5.92 Å². The molecular formula is C17H17N3O2S2. The first-order valence-electron chi connectivity index (χ1n) is 7.52. The monoisotopic (exact) mass is 359 g/mol. The molecule has 0 bridgehead atoms. The molecule has 3 rings (SSSR count). The Balaban J connectivity index is 1.87. The van der Waals surface area contributed by atoms with Crippen molar-refractivity contribution in [2.45, 2.75) is 20.3 Å². The van der Waals surface area contributed by atoms with E-state index >= 15 is 0 Å². The smallest absolute Gasteiger partial charge is 0.339 e. The molecule has 124 valence electrons. The Morgan fingerprint density at radius 2 is 2.17 bits per heavy atom. The van der Waals surface area contributed by atoms with Gasteiger partial charge in [0, 0.05) is 27.7 Å². The molecule has 24 heavy (non-hydrogen) atoms.